The van der Waals surface area contributed by atoms with E-state index in [1.807, 2.05) is 0 Å². The zero-order valence-corrected chi connectivity index (χ0v) is 12.7. The second kappa shape index (κ2) is 4.82. The van der Waals surface area contributed by atoms with Crippen LogP contribution in [-0.2, 0) is 0 Å². The molecule has 0 radical (unpaired) electrons. The predicted molar refractivity (Wildman–Crippen MR) is 87.8 cm³/mol. The van der Waals surface area contributed by atoms with Crippen molar-refractivity contribution in [2.24, 2.45) is 0 Å². The maximum atomic E-state index is 2.37. The smallest absolute Gasteiger partial charge is 0.0672 e. The Morgan fingerprint density at radius 2 is 1.11 bits per heavy atom. The zero-order valence-electron chi connectivity index (χ0n) is 11.7. The summed E-state index contributed by atoms with van der Waals surface area (Å²) in [6.45, 7) is 4.74. The SMILES string of the molecule is CC[Si]1(CC)c2ccccc2C=Cc2ccccc21. The van der Waals surface area contributed by atoms with Crippen LogP contribution in [0.1, 0.15) is 25.0 Å². The van der Waals surface area contributed by atoms with Gasteiger partial charge in [0, 0.05) is 0 Å². The van der Waals surface area contributed by atoms with Crippen molar-refractivity contribution < 1.29 is 0 Å². The molecule has 1 aliphatic rings. The number of rotatable bonds is 2. The molecule has 0 bridgehead atoms. The van der Waals surface area contributed by atoms with Crippen LogP contribution in [0.2, 0.25) is 12.1 Å². The summed E-state index contributed by atoms with van der Waals surface area (Å²) in [4.78, 5) is 0. The van der Waals surface area contributed by atoms with E-state index in [0.29, 0.717) is 0 Å². The molecule has 0 unspecified atom stereocenters. The molecule has 0 atom stereocenters. The molecule has 1 heterocycles. The van der Waals surface area contributed by atoms with E-state index in [4.69, 9.17) is 0 Å². The highest BCUT2D eigenvalue weighted by atomic mass is 28.3. The monoisotopic (exact) mass is 264 g/mol. The van der Waals surface area contributed by atoms with Crippen LogP contribution in [0.5, 0.6) is 0 Å². The number of hydrogen-bond donors (Lipinski definition) is 0. The Morgan fingerprint density at radius 3 is 1.53 bits per heavy atom. The molecule has 0 aromatic heterocycles. The van der Waals surface area contributed by atoms with Crippen molar-refractivity contribution in [1.29, 1.82) is 0 Å². The summed E-state index contributed by atoms with van der Waals surface area (Å²) >= 11 is 0. The van der Waals surface area contributed by atoms with Crippen molar-refractivity contribution in [2.45, 2.75) is 25.9 Å². The third kappa shape index (κ3) is 1.80. The van der Waals surface area contributed by atoms with Gasteiger partial charge >= 0.3 is 0 Å². The van der Waals surface area contributed by atoms with Crippen LogP contribution in [0.15, 0.2) is 48.5 Å². The van der Waals surface area contributed by atoms with Crippen LogP contribution in [0, 0.1) is 0 Å². The maximum Gasteiger partial charge on any atom is 0.119 e. The molecule has 2 aromatic rings. The molecule has 3 rings (SSSR count). The number of benzene rings is 2. The average molecular weight is 264 g/mol. The van der Waals surface area contributed by atoms with Gasteiger partial charge in [-0.15, -0.1) is 0 Å². The lowest BCUT2D eigenvalue weighted by Crippen LogP contribution is -2.58. The predicted octanol–water partition coefficient (Wildman–Crippen LogP) is 3.77. The zero-order chi connectivity index (χ0) is 13.3. The highest BCUT2D eigenvalue weighted by Gasteiger charge is 2.37. The lowest BCUT2D eigenvalue weighted by Gasteiger charge is -2.32. The summed E-state index contributed by atoms with van der Waals surface area (Å²) in [5.74, 6) is 0. The van der Waals surface area contributed by atoms with Gasteiger partial charge < -0.3 is 0 Å². The van der Waals surface area contributed by atoms with E-state index in [0.717, 1.165) is 0 Å². The van der Waals surface area contributed by atoms with Gasteiger partial charge in [-0.1, -0.05) is 86.6 Å². The van der Waals surface area contributed by atoms with Gasteiger partial charge in [0.1, 0.15) is 8.07 Å². The number of fused-ring (bicyclic) bond motifs is 2. The van der Waals surface area contributed by atoms with Crippen molar-refractivity contribution in [3.05, 3.63) is 59.7 Å². The fraction of sp³-hybridized carbons (Fsp3) is 0.222. The summed E-state index contributed by atoms with van der Waals surface area (Å²) in [6, 6.07) is 20.5. The molecule has 2 aromatic carbocycles. The van der Waals surface area contributed by atoms with Gasteiger partial charge in [-0.25, -0.2) is 0 Å². The fourth-order valence-electron chi connectivity index (χ4n) is 3.49. The van der Waals surface area contributed by atoms with Crippen LogP contribution < -0.4 is 10.4 Å². The van der Waals surface area contributed by atoms with E-state index in [1.54, 1.807) is 10.4 Å². The Morgan fingerprint density at radius 1 is 0.684 bits per heavy atom. The second-order valence-electron chi connectivity index (χ2n) is 5.30. The molecule has 96 valence electrons. The maximum absolute atomic E-state index is 2.37. The Labute approximate surface area is 116 Å². The molecule has 0 saturated carbocycles. The minimum atomic E-state index is -1.58. The molecule has 19 heavy (non-hydrogen) atoms. The van der Waals surface area contributed by atoms with Gasteiger partial charge in [-0.2, -0.15) is 0 Å². The highest BCUT2D eigenvalue weighted by Crippen LogP contribution is 2.23. The van der Waals surface area contributed by atoms with E-state index >= 15 is 0 Å². The quantitative estimate of drug-likeness (QED) is 0.724. The first-order chi connectivity index (χ1) is 9.31. The molecule has 0 aliphatic carbocycles. The van der Waals surface area contributed by atoms with E-state index in [2.05, 4.69) is 74.5 Å². The lowest BCUT2D eigenvalue weighted by atomic mass is 10.1. The first-order valence-corrected chi connectivity index (χ1v) is 9.60. The van der Waals surface area contributed by atoms with E-state index in [1.165, 1.54) is 23.2 Å². The molecule has 0 N–H and O–H groups in total. The van der Waals surface area contributed by atoms with Gasteiger partial charge in [0.15, 0.2) is 0 Å². The second-order valence-corrected chi connectivity index (χ2v) is 9.95. The van der Waals surface area contributed by atoms with E-state index < -0.39 is 8.07 Å². The van der Waals surface area contributed by atoms with Crippen molar-refractivity contribution in [3.63, 3.8) is 0 Å². The Bertz CT molecular complexity index is 570. The molecule has 1 heteroatoms. The normalized spacial score (nSPS) is 15.5. The highest BCUT2D eigenvalue weighted by molar-refractivity contribution is 7.03. The van der Waals surface area contributed by atoms with Gasteiger partial charge in [0.2, 0.25) is 0 Å². The van der Waals surface area contributed by atoms with Gasteiger partial charge in [0.05, 0.1) is 0 Å². The summed E-state index contributed by atoms with van der Waals surface area (Å²) in [5, 5.41) is 3.22. The van der Waals surface area contributed by atoms with Crippen LogP contribution in [0.3, 0.4) is 0 Å². The standard InChI is InChI=1S/C18H20Si/c1-3-19(4-2)17-11-7-5-9-15(17)13-14-16-10-6-8-12-18(16)19/h5-14H,3-4H2,1-2H3. The third-order valence-corrected chi connectivity index (χ3v) is 9.99. The van der Waals surface area contributed by atoms with Crippen molar-refractivity contribution >= 4 is 30.6 Å². The summed E-state index contributed by atoms with van der Waals surface area (Å²) in [5.41, 5.74) is 2.85. The minimum absolute atomic E-state index is 1.28. The van der Waals surface area contributed by atoms with Gasteiger partial charge in [0.25, 0.3) is 0 Å². The van der Waals surface area contributed by atoms with Crippen molar-refractivity contribution in [3.8, 4) is 0 Å². The molecular weight excluding hydrogens is 244 g/mol. The Kier molecular flexibility index (Phi) is 3.15. The average Bonchev–Trinajstić information content (AvgIpc) is 2.62. The first-order valence-electron chi connectivity index (χ1n) is 7.19. The molecule has 0 spiro atoms. The Balaban J connectivity index is 2.37. The van der Waals surface area contributed by atoms with E-state index in [-0.39, 0.29) is 0 Å². The minimum Gasteiger partial charge on any atom is -0.0672 e. The van der Waals surface area contributed by atoms with Crippen molar-refractivity contribution in [2.75, 3.05) is 0 Å². The summed E-state index contributed by atoms with van der Waals surface area (Å²) in [6.07, 6.45) is 4.60. The topological polar surface area (TPSA) is 0 Å². The molecule has 1 aliphatic heterocycles. The fourth-order valence-corrected chi connectivity index (χ4v) is 8.08. The Hall–Kier alpha value is -1.60. The molecule has 0 nitrogen and oxygen atoms in total. The van der Waals surface area contributed by atoms with Crippen LogP contribution in [0.25, 0.3) is 12.2 Å². The third-order valence-electron chi connectivity index (χ3n) is 4.60. The van der Waals surface area contributed by atoms with Crippen LogP contribution >= 0.6 is 0 Å². The van der Waals surface area contributed by atoms with Crippen LogP contribution in [0.4, 0.5) is 0 Å². The first kappa shape index (κ1) is 12.4. The molecular formula is C18H20Si. The van der Waals surface area contributed by atoms with Crippen molar-refractivity contribution in [1.82, 2.24) is 0 Å². The van der Waals surface area contributed by atoms with Crippen LogP contribution in [-0.4, -0.2) is 8.07 Å². The molecule has 0 amide bonds. The largest absolute Gasteiger partial charge is 0.119 e. The molecule has 0 fully saturated rings. The van der Waals surface area contributed by atoms with E-state index in [9.17, 15) is 0 Å². The summed E-state index contributed by atoms with van der Waals surface area (Å²) in [7, 11) is -1.58. The summed E-state index contributed by atoms with van der Waals surface area (Å²) < 4.78 is 0. The number of hydrogen-bond acceptors (Lipinski definition) is 0. The molecule has 0 saturated heterocycles. The van der Waals surface area contributed by atoms with Gasteiger partial charge in [-0.05, 0) is 21.5 Å². The lowest BCUT2D eigenvalue weighted by molar-refractivity contribution is 1.29. The van der Waals surface area contributed by atoms with Gasteiger partial charge in [-0.3, -0.25) is 0 Å².